The fourth-order valence-electron chi connectivity index (χ4n) is 3.02. The number of hydrogen-bond acceptors (Lipinski definition) is 9. The summed E-state index contributed by atoms with van der Waals surface area (Å²) in [6.07, 6.45) is -1.01. The Hall–Kier alpha value is -1.57. The average molecular weight is 449 g/mol. The molecule has 1 saturated heterocycles. The van der Waals surface area contributed by atoms with Gasteiger partial charge in [0.2, 0.25) is 5.91 Å². The summed E-state index contributed by atoms with van der Waals surface area (Å²) in [5.74, 6) is -2.66. The molecule has 29 heavy (non-hydrogen) atoms. The minimum Gasteiger partial charge on any atom is -0.543 e. The van der Waals surface area contributed by atoms with E-state index in [1.54, 1.807) is 12.1 Å². The molecule has 2 atom stereocenters. The van der Waals surface area contributed by atoms with E-state index in [1.807, 2.05) is 5.38 Å². The number of carbonyl (C=O) groups excluding carboxylic acids is 4. The number of carboxylic acids is 1. The molecule has 2 aliphatic heterocycles. The fourth-order valence-corrected chi connectivity index (χ4v) is 5.15. The summed E-state index contributed by atoms with van der Waals surface area (Å²) in [6, 6.07) is 3.59. The van der Waals surface area contributed by atoms with Crippen LogP contribution in [0.5, 0.6) is 0 Å². The molecular weight excluding hydrogens is 433 g/mol. The van der Waals surface area contributed by atoms with Gasteiger partial charge in [0.05, 0.1) is 18.1 Å². The molecule has 0 spiro atoms. The predicted molar refractivity (Wildman–Crippen MR) is 96.6 cm³/mol. The van der Waals surface area contributed by atoms with Gasteiger partial charge in [-0.15, -0.1) is 23.1 Å². The van der Waals surface area contributed by atoms with Crippen molar-refractivity contribution >= 4 is 47.0 Å². The topological polar surface area (TPSA) is 151 Å². The second-order valence-electron chi connectivity index (χ2n) is 5.93. The van der Waals surface area contributed by atoms with Gasteiger partial charge in [-0.05, 0) is 11.4 Å². The second kappa shape index (κ2) is 9.49. The van der Waals surface area contributed by atoms with E-state index in [-0.39, 0.29) is 53.9 Å². The van der Waals surface area contributed by atoms with Gasteiger partial charge in [0, 0.05) is 23.3 Å². The molecule has 0 aliphatic carbocycles. The largest absolute Gasteiger partial charge is 1.00 e. The Balaban J connectivity index is 0.00000300. The number of ether oxygens (including phenoxy) is 2. The van der Waals surface area contributed by atoms with E-state index in [0.717, 1.165) is 9.78 Å². The Morgan fingerprint density at radius 2 is 2.17 bits per heavy atom. The SMILES string of the molecule is COC1(NC(=O)Cc2cccs2)C(=O)N2C(C(=O)[O-])=C(COC(N)=O)CS[C@H]21.[Na+]. The molecule has 0 saturated carbocycles. The summed E-state index contributed by atoms with van der Waals surface area (Å²) in [6.45, 7) is -0.382. The van der Waals surface area contributed by atoms with Crippen LogP contribution in [0.15, 0.2) is 28.8 Å². The van der Waals surface area contributed by atoms with Crippen LogP contribution in [0.25, 0.3) is 0 Å². The van der Waals surface area contributed by atoms with Gasteiger partial charge in [0.1, 0.15) is 12.0 Å². The van der Waals surface area contributed by atoms with E-state index in [4.69, 9.17) is 10.5 Å². The number of β-lactam (4-membered cyclic amide) rings is 1. The zero-order chi connectivity index (χ0) is 20.5. The first-order valence-corrected chi connectivity index (χ1v) is 9.92. The maximum Gasteiger partial charge on any atom is 1.00 e. The smallest absolute Gasteiger partial charge is 0.543 e. The van der Waals surface area contributed by atoms with Crippen LogP contribution in [0.1, 0.15) is 4.88 Å². The van der Waals surface area contributed by atoms with Crippen LogP contribution in [0, 0.1) is 0 Å². The Morgan fingerprint density at radius 1 is 1.45 bits per heavy atom. The van der Waals surface area contributed by atoms with Gasteiger partial charge in [-0.2, -0.15) is 0 Å². The number of aliphatic carboxylic acids is 1. The molecule has 0 aromatic carbocycles. The second-order valence-corrected chi connectivity index (χ2v) is 8.03. The number of fused-ring (bicyclic) bond motifs is 1. The third kappa shape index (κ3) is 4.47. The number of thioether (sulfide) groups is 1. The van der Waals surface area contributed by atoms with Crippen LogP contribution in [-0.4, -0.2) is 59.3 Å². The van der Waals surface area contributed by atoms with Crippen molar-refractivity contribution in [3.05, 3.63) is 33.7 Å². The molecule has 3 amide bonds. The summed E-state index contributed by atoms with van der Waals surface area (Å²) in [7, 11) is 1.26. The van der Waals surface area contributed by atoms with Crippen molar-refractivity contribution in [2.24, 2.45) is 5.73 Å². The summed E-state index contributed by atoms with van der Waals surface area (Å²) >= 11 is 2.57. The molecule has 1 unspecified atom stereocenters. The van der Waals surface area contributed by atoms with Gasteiger partial charge in [-0.25, -0.2) is 4.79 Å². The van der Waals surface area contributed by atoms with Crippen molar-refractivity contribution in [3.63, 3.8) is 0 Å². The molecule has 3 heterocycles. The molecular formula is C16H16N3NaO7S2. The molecule has 0 radical (unpaired) electrons. The minimum atomic E-state index is -1.68. The minimum absolute atomic E-state index is 0. The number of nitrogens with one attached hydrogen (secondary N) is 1. The van der Waals surface area contributed by atoms with Crippen LogP contribution < -0.4 is 45.7 Å². The number of nitrogens with zero attached hydrogens (tertiary/aromatic N) is 1. The van der Waals surface area contributed by atoms with Gasteiger partial charge in [0.15, 0.2) is 0 Å². The van der Waals surface area contributed by atoms with Gasteiger partial charge in [0.25, 0.3) is 11.6 Å². The average Bonchev–Trinajstić information content (AvgIpc) is 3.15. The number of thiophene rings is 1. The van der Waals surface area contributed by atoms with Crippen LogP contribution in [0.4, 0.5) is 4.79 Å². The van der Waals surface area contributed by atoms with E-state index in [0.29, 0.717) is 0 Å². The van der Waals surface area contributed by atoms with Crippen LogP contribution >= 0.6 is 23.1 Å². The summed E-state index contributed by atoms with van der Waals surface area (Å²) in [4.78, 5) is 49.4. The molecule has 2 aliphatic rings. The van der Waals surface area contributed by atoms with Gasteiger partial charge in [-0.1, -0.05) is 6.07 Å². The predicted octanol–water partition coefficient (Wildman–Crippen LogP) is -4.23. The zero-order valence-corrected chi connectivity index (χ0v) is 19.3. The third-order valence-electron chi connectivity index (χ3n) is 4.25. The Bertz CT molecular complexity index is 861. The molecule has 3 rings (SSSR count). The number of carbonyl (C=O) groups is 4. The molecule has 1 aromatic rings. The number of amides is 3. The zero-order valence-electron chi connectivity index (χ0n) is 15.6. The number of carboxylic acid groups (broad SMARTS) is 1. The summed E-state index contributed by atoms with van der Waals surface area (Å²) in [5, 5.41) is 15.2. The number of hydrogen-bond donors (Lipinski definition) is 2. The Morgan fingerprint density at radius 3 is 2.72 bits per heavy atom. The third-order valence-corrected chi connectivity index (χ3v) is 6.50. The molecule has 13 heteroatoms. The van der Waals surface area contributed by atoms with E-state index in [2.05, 4.69) is 10.1 Å². The van der Waals surface area contributed by atoms with Crippen molar-refractivity contribution in [1.29, 1.82) is 0 Å². The van der Waals surface area contributed by atoms with Crippen LogP contribution in [0.3, 0.4) is 0 Å². The van der Waals surface area contributed by atoms with Crippen molar-refractivity contribution < 1.29 is 63.3 Å². The number of rotatable bonds is 7. The fraction of sp³-hybridized carbons (Fsp3) is 0.375. The van der Waals surface area contributed by atoms with Gasteiger partial charge >= 0.3 is 35.7 Å². The van der Waals surface area contributed by atoms with E-state index >= 15 is 0 Å². The van der Waals surface area contributed by atoms with Crippen molar-refractivity contribution in [1.82, 2.24) is 10.2 Å². The first-order chi connectivity index (χ1) is 13.3. The first-order valence-electron chi connectivity index (χ1n) is 7.99. The molecule has 1 aromatic heterocycles. The van der Waals surface area contributed by atoms with Crippen molar-refractivity contribution in [3.8, 4) is 0 Å². The summed E-state index contributed by atoms with van der Waals surface area (Å²) in [5.41, 5.74) is 2.99. The molecule has 1 fully saturated rings. The van der Waals surface area contributed by atoms with Crippen LogP contribution in [0.2, 0.25) is 0 Å². The molecule has 10 nitrogen and oxygen atoms in total. The molecule has 150 valence electrons. The Labute approximate surface area is 196 Å². The van der Waals surface area contributed by atoms with E-state index < -0.39 is 40.7 Å². The monoisotopic (exact) mass is 449 g/mol. The Kier molecular flexibility index (Phi) is 7.76. The van der Waals surface area contributed by atoms with Gasteiger partial charge in [-0.3, -0.25) is 14.5 Å². The molecule has 3 N–H and O–H groups in total. The quantitative estimate of drug-likeness (QED) is 0.241. The van der Waals surface area contributed by atoms with Gasteiger partial charge < -0.3 is 30.4 Å². The van der Waals surface area contributed by atoms with Crippen molar-refractivity contribution in [2.45, 2.75) is 17.5 Å². The van der Waals surface area contributed by atoms with E-state index in [1.165, 1.54) is 30.2 Å². The van der Waals surface area contributed by atoms with Crippen LogP contribution in [-0.2, 0) is 30.3 Å². The maximum absolute atomic E-state index is 12.8. The van der Waals surface area contributed by atoms with E-state index in [9.17, 15) is 24.3 Å². The number of nitrogens with two attached hydrogens (primary N) is 1. The maximum atomic E-state index is 12.8. The standard InChI is InChI=1S/C16H17N3O7S2.Na/c1-25-16(18-10(20)5-9-3-2-4-27-9)13(23)19-11(12(21)22)8(6-26-15(17)24)7-28-14(16)19;/h2-4,14H,5-7H2,1H3,(H2,17,24)(H,18,20)(H,21,22);/q;+1/p-1/t14-,16?;/m0./s1. The number of methoxy groups -OCH3 is 1. The molecule has 0 bridgehead atoms. The first kappa shape index (κ1) is 23.7. The normalized spacial score (nSPS) is 22.9. The summed E-state index contributed by atoms with van der Waals surface area (Å²) < 4.78 is 9.97. The number of primary amides is 1. The van der Waals surface area contributed by atoms with Crippen molar-refractivity contribution in [2.75, 3.05) is 19.5 Å².